The van der Waals surface area contributed by atoms with Crippen LogP contribution < -0.4 is 14.2 Å². The molecule has 0 amide bonds. The number of ether oxygens (including phenoxy) is 5. The molecular formula is C35H33N3O9. The molecule has 4 aliphatic heterocycles. The van der Waals surface area contributed by atoms with Crippen LogP contribution in [0.15, 0.2) is 58.5 Å². The Morgan fingerprint density at radius 1 is 1.11 bits per heavy atom. The summed E-state index contributed by atoms with van der Waals surface area (Å²) in [6, 6.07) is 8.52. The number of ketones is 2. The third-order valence-corrected chi connectivity index (χ3v) is 9.64. The second kappa shape index (κ2) is 11.4. The van der Waals surface area contributed by atoms with E-state index in [1.807, 2.05) is 35.2 Å². The number of fused-ring (bicyclic) bond motifs is 8. The number of hydrogen-bond acceptors (Lipinski definition) is 12. The number of nitrogens with zero attached hydrogens (tertiary/aromatic N) is 3. The van der Waals surface area contributed by atoms with Crippen molar-refractivity contribution in [3.63, 3.8) is 0 Å². The number of piperazine rings is 1. The standard InChI is InChI=1S/C35H33N3O9/c1-16-29(40)26-25(31(42)33(16)43-5)27-21-11-20-24(35-34(45-15-46-35)17(2)32(20)47-18(3)39)23(14-44-13-19-9-7-6-8-10-19)38(21)22(12-36)28(30(26)41)37(27)4/h6-11,22-23,27-28,30,41H,13-15H2,1-5H3/t22-,23-,27+,28+,30-/m0/s1. The first-order valence-corrected chi connectivity index (χ1v) is 15.2. The van der Waals surface area contributed by atoms with E-state index in [1.165, 1.54) is 21.0 Å². The molecule has 0 saturated carbocycles. The monoisotopic (exact) mass is 639 g/mol. The average Bonchev–Trinajstić information content (AvgIpc) is 3.54. The Morgan fingerprint density at radius 2 is 1.83 bits per heavy atom. The van der Waals surface area contributed by atoms with E-state index in [0.29, 0.717) is 33.9 Å². The third kappa shape index (κ3) is 4.41. The summed E-state index contributed by atoms with van der Waals surface area (Å²) in [5, 5.41) is 22.6. The van der Waals surface area contributed by atoms with Gasteiger partial charge in [0, 0.05) is 46.0 Å². The maximum absolute atomic E-state index is 14.1. The van der Waals surface area contributed by atoms with Crippen molar-refractivity contribution in [3.05, 3.63) is 80.8 Å². The van der Waals surface area contributed by atoms with Crippen LogP contribution in [0.5, 0.6) is 17.2 Å². The summed E-state index contributed by atoms with van der Waals surface area (Å²) in [5.41, 5.74) is 3.21. The number of nitriles is 1. The van der Waals surface area contributed by atoms with Gasteiger partial charge in [0.25, 0.3) is 0 Å². The van der Waals surface area contributed by atoms with Crippen molar-refractivity contribution in [1.82, 2.24) is 9.80 Å². The number of carbonyl (C=O) groups excluding carboxylic acids is 3. The first-order chi connectivity index (χ1) is 22.6. The highest BCUT2D eigenvalue weighted by Crippen LogP contribution is 2.56. The van der Waals surface area contributed by atoms with E-state index in [-0.39, 0.29) is 48.2 Å². The van der Waals surface area contributed by atoms with Crippen molar-refractivity contribution >= 4 is 23.6 Å². The molecular weight excluding hydrogens is 606 g/mol. The lowest BCUT2D eigenvalue weighted by Gasteiger charge is -2.58. The van der Waals surface area contributed by atoms with Gasteiger partial charge in [-0.25, -0.2) is 0 Å². The lowest BCUT2D eigenvalue weighted by atomic mass is 9.70. The summed E-state index contributed by atoms with van der Waals surface area (Å²) >= 11 is 0. The Balaban J connectivity index is 1.48. The second-order valence-electron chi connectivity index (χ2n) is 12.2. The minimum absolute atomic E-state index is 0.0352. The number of allylic oxidation sites excluding steroid dienone is 2. The lowest BCUT2D eigenvalue weighted by molar-refractivity contribution is -0.132. The van der Waals surface area contributed by atoms with Crippen molar-refractivity contribution < 1.29 is 43.2 Å². The first kappa shape index (κ1) is 30.7. The van der Waals surface area contributed by atoms with Crippen molar-refractivity contribution in [2.75, 3.05) is 27.6 Å². The molecule has 1 fully saturated rings. The van der Waals surface area contributed by atoms with E-state index in [2.05, 4.69) is 6.07 Å². The average molecular weight is 640 g/mol. The molecule has 0 aromatic heterocycles. The molecule has 7 rings (SSSR count). The largest absolute Gasteiger partial charge is 0.492 e. The molecule has 12 heteroatoms. The molecule has 47 heavy (non-hydrogen) atoms. The van der Waals surface area contributed by atoms with Crippen molar-refractivity contribution in [2.45, 2.75) is 57.6 Å². The summed E-state index contributed by atoms with van der Waals surface area (Å²) in [6.07, 6.45) is 0.324. The van der Waals surface area contributed by atoms with Gasteiger partial charge in [0.05, 0.1) is 44.5 Å². The molecule has 2 aromatic rings. The van der Waals surface area contributed by atoms with Crippen LogP contribution in [0.4, 0.5) is 0 Å². The Hall–Kier alpha value is -4.96. The number of likely N-dealkylation sites (N-methyl/N-ethyl adjacent to an activating group) is 1. The SMILES string of the molecule is COC1=C(C)C(=O)C2=C(C1=O)[C@H]1C3=Cc4c(OC(C)=O)c(C)c5c(c4[C@H](COCc4ccccc4)N3[C@@H](C#N)[C@H]([C@H]2O)N1C)OCO5. The summed E-state index contributed by atoms with van der Waals surface area (Å²) in [5.74, 6) is -0.572. The van der Waals surface area contributed by atoms with Crippen LogP contribution in [0.3, 0.4) is 0 Å². The number of benzene rings is 2. The van der Waals surface area contributed by atoms with E-state index in [0.717, 1.165) is 5.56 Å². The zero-order valence-electron chi connectivity index (χ0n) is 26.5. The van der Waals surface area contributed by atoms with Gasteiger partial charge in [0.2, 0.25) is 12.6 Å². The number of esters is 1. The fourth-order valence-corrected chi connectivity index (χ4v) is 7.68. The lowest BCUT2D eigenvalue weighted by Crippen LogP contribution is -2.70. The number of aliphatic hydroxyl groups is 1. The van der Waals surface area contributed by atoms with Gasteiger partial charge < -0.3 is 33.7 Å². The van der Waals surface area contributed by atoms with Gasteiger partial charge in [-0.05, 0) is 32.5 Å². The first-order valence-electron chi connectivity index (χ1n) is 15.2. The minimum Gasteiger partial charge on any atom is -0.492 e. The van der Waals surface area contributed by atoms with Gasteiger partial charge >= 0.3 is 5.97 Å². The molecule has 0 spiro atoms. The van der Waals surface area contributed by atoms with E-state index in [4.69, 9.17) is 23.7 Å². The smallest absolute Gasteiger partial charge is 0.308 e. The van der Waals surface area contributed by atoms with Crippen molar-refractivity contribution in [2.24, 2.45) is 0 Å². The molecule has 1 saturated heterocycles. The predicted molar refractivity (Wildman–Crippen MR) is 165 cm³/mol. The Kier molecular flexibility index (Phi) is 7.43. The summed E-state index contributed by atoms with van der Waals surface area (Å²) < 4.78 is 29.4. The normalized spacial score (nSPS) is 25.9. The van der Waals surface area contributed by atoms with Crippen LogP contribution in [-0.2, 0) is 30.5 Å². The molecule has 0 radical (unpaired) electrons. The number of methoxy groups -OCH3 is 1. The minimum atomic E-state index is -1.45. The number of carbonyl (C=O) groups is 3. The Bertz CT molecular complexity index is 1870. The molecule has 4 heterocycles. The zero-order valence-corrected chi connectivity index (χ0v) is 26.5. The van der Waals surface area contributed by atoms with Gasteiger partial charge in [-0.3, -0.25) is 19.3 Å². The number of aliphatic hydroxyl groups excluding tert-OH is 1. The summed E-state index contributed by atoms with van der Waals surface area (Å²) in [6.45, 7) is 4.81. The molecule has 0 unspecified atom stereocenters. The van der Waals surface area contributed by atoms with Crippen LogP contribution in [0.2, 0.25) is 0 Å². The van der Waals surface area contributed by atoms with E-state index < -0.39 is 47.8 Å². The highest BCUT2D eigenvalue weighted by molar-refractivity contribution is 6.25. The molecule has 2 bridgehead atoms. The van der Waals surface area contributed by atoms with Crippen LogP contribution in [-0.4, -0.2) is 84.2 Å². The van der Waals surface area contributed by atoms with Gasteiger partial charge in [0.15, 0.2) is 23.0 Å². The second-order valence-corrected chi connectivity index (χ2v) is 12.2. The van der Waals surface area contributed by atoms with E-state index in [9.17, 15) is 24.8 Å². The highest BCUT2D eigenvalue weighted by Gasteiger charge is 2.59. The topological polar surface area (TPSA) is 148 Å². The molecule has 242 valence electrons. The quantitative estimate of drug-likeness (QED) is 0.282. The van der Waals surface area contributed by atoms with Crippen LogP contribution in [0.1, 0.15) is 42.1 Å². The Labute approximate surface area is 271 Å². The summed E-state index contributed by atoms with van der Waals surface area (Å²) in [4.78, 5) is 43.8. The van der Waals surface area contributed by atoms with Crippen LogP contribution in [0.25, 0.3) is 6.08 Å². The van der Waals surface area contributed by atoms with Crippen LogP contribution >= 0.6 is 0 Å². The maximum Gasteiger partial charge on any atom is 0.308 e. The fourth-order valence-electron chi connectivity index (χ4n) is 7.68. The molecule has 1 N–H and O–H groups in total. The number of hydrogen-bond donors (Lipinski definition) is 1. The molecule has 5 aliphatic rings. The Morgan fingerprint density at radius 3 is 2.51 bits per heavy atom. The zero-order chi connectivity index (χ0) is 33.3. The maximum atomic E-state index is 14.1. The van der Waals surface area contributed by atoms with Gasteiger partial charge in [-0.15, -0.1) is 0 Å². The van der Waals surface area contributed by atoms with Gasteiger partial charge in [-0.2, -0.15) is 5.26 Å². The van der Waals surface area contributed by atoms with Gasteiger partial charge in [0.1, 0.15) is 17.9 Å². The molecule has 12 nitrogen and oxygen atoms in total. The highest BCUT2D eigenvalue weighted by atomic mass is 16.7. The fraction of sp³-hybridized carbons (Fsp3) is 0.371. The number of rotatable bonds is 6. The molecule has 1 aliphatic carbocycles. The third-order valence-electron chi connectivity index (χ3n) is 9.64. The van der Waals surface area contributed by atoms with Gasteiger partial charge in [-0.1, -0.05) is 30.3 Å². The van der Waals surface area contributed by atoms with E-state index in [1.54, 1.807) is 24.9 Å². The van der Waals surface area contributed by atoms with E-state index >= 15 is 0 Å². The summed E-state index contributed by atoms with van der Waals surface area (Å²) in [7, 11) is 3.04. The van der Waals surface area contributed by atoms with Crippen LogP contribution in [0, 0.1) is 18.3 Å². The predicted octanol–water partition coefficient (Wildman–Crippen LogP) is 2.88. The van der Waals surface area contributed by atoms with Crippen molar-refractivity contribution in [3.8, 4) is 23.3 Å². The number of Topliss-reactive ketones (excluding diaryl/α,β-unsaturated/α-hetero) is 2. The van der Waals surface area contributed by atoms with Crippen molar-refractivity contribution in [1.29, 1.82) is 5.26 Å². The molecule has 2 aromatic carbocycles. The molecule has 5 atom stereocenters.